The van der Waals surface area contributed by atoms with Gasteiger partial charge in [0.15, 0.2) is 0 Å². The van der Waals surface area contributed by atoms with Crippen LogP contribution in [0.2, 0.25) is 0 Å². The molecular weight excluding hydrogens is 360 g/mol. The molecule has 2 aromatic heterocycles. The Morgan fingerprint density at radius 2 is 0.964 bits per heavy atom. The predicted octanol–water partition coefficient (Wildman–Crippen LogP) is 1.30. The summed E-state index contributed by atoms with van der Waals surface area (Å²) in [5.41, 5.74) is 7.36. The van der Waals surface area contributed by atoms with E-state index in [1.54, 1.807) is 48.5 Å². The standard InChI is InChI=1S/C18H14N8O2/c27-17(23-25-9-19-20-10-25)15-7-3-1-5-13(15)14-6-2-4-8-16(14)18(28)24-26-11-21-22-12-26/h1-12H,(H,23,27)(H,24,28). The van der Waals surface area contributed by atoms with Crippen LogP contribution in [0.1, 0.15) is 20.7 Å². The van der Waals surface area contributed by atoms with Crippen molar-refractivity contribution < 1.29 is 9.59 Å². The number of carbonyl (C=O) groups is 2. The molecule has 0 aliphatic rings. The predicted molar refractivity (Wildman–Crippen MR) is 99.3 cm³/mol. The summed E-state index contributed by atoms with van der Waals surface area (Å²) in [6, 6.07) is 14.1. The van der Waals surface area contributed by atoms with Crippen LogP contribution in [0, 0.1) is 0 Å². The van der Waals surface area contributed by atoms with E-state index >= 15 is 0 Å². The van der Waals surface area contributed by atoms with Crippen molar-refractivity contribution in [2.24, 2.45) is 0 Å². The molecule has 0 atom stereocenters. The first-order valence-corrected chi connectivity index (χ1v) is 8.23. The van der Waals surface area contributed by atoms with E-state index in [2.05, 4.69) is 31.2 Å². The van der Waals surface area contributed by atoms with Crippen LogP contribution < -0.4 is 10.9 Å². The monoisotopic (exact) mass is 374 g/mol. The molecule has 0 saturated heterocycles. The van der Waals surface area contributed by atoms with Crippen molar-refractivity contribution in [3.63, 3.8) is 0 Å². The van der Waals surface area contributed by atoms with Crippen LogP contribution in [0.25, 0.3) is 11.1 Å². The van der Waals surface area contributed by atoms with Gasteiger partial charge in [0.05, 0.1) is 0 Å². The molecule has 4 aromatic rings. The van der Waals surface area contributed by atoms with Crippen molar-refractivity contribution in [3.8, 4) is 11.1 Å². The van der Waals surface area contributed by atoms with Gasteiger partial charge in [0.1, 0.15) is 25.3 Å². The zero-order valence-electron chi connectivity index (χ0n) is 14.4. The number of nitrogens with zero attached hydrogens (tertiary/aromatic N) is 6. The highest BCUT2D eigenvalue weighted by atomic mass is 16.2. The van der Waals surface area contributed by atoms with Gasteiger partial charge in [0, 0.05) is 11.1 Å². The maximum Gasteiger partial charge on any atom is 0.270 e. The van der Waals surface area contributed by atoms with Gasteiger partial charge in [-0.3, -0.25) is 20.4 Å². The second-order valence-corrected chi connectivity index (χ2v) is 5.71. The minimum absolute atomic E-state index is 0.357. The molecule has 138 valence electrons. The molecule has 0 aliphatic heterocycles. The van der Waals surface area contributed by atoms with E-state index in [0.29, 0.717) is 22.3 Å². The van der Waals surface area contributed by atoms with Crippen LogP contribution in [0.5, 0.6) is 0 Å². The van der Waals surface area contributed by atoms with Crippen molar-refractivity contribution in [2.75, 3.05) is 10.9 Å². The topological polar surface area (TPSA) is 120 Å². The third kappa shape index (κ3) is 3.46. The molecule has 0 saturated carbocycles. The van der Waals surface area contributed by atoms with E-state index in [0.717, 1.165) is 0 Å². The quantitative estimate of drug-likeness (QED) is 0.543. The van der Waals surface area contributed by atoms with E-state index in [9.17, 15) is 9.59 Å². The molecule has 2 heterocycles. The van der Waals surface area contributed by atoms with Crippen LogP contribution in [-0.4, -0.2) is 41.6 Å². The largest absolute Gasteiger partial charge is 0.270 e. The number of rotatable bonds is 5. The third-order valence-corrected chi connectivity index (χ3v) is 3.93. The van der Waals surface area contributed by atoms with Crippen LogP contribution >= 0.6 is 0 Å². The molecule has 0 radical (unpaired) electrons. The van der Waals surface area contributed by atoms with Gasteiger partial charge in [0.25, 0.3) is 11.8 Å². The molecule has 2 aromatic carbocycles. The van der Waals surface area contributed by atoms with Crippen molar-refractivity contribution in [1.82, 2.24) is 29.7 Å². The molecule has 4 rings (SSSR count). The summed E-state index contributed by atoms with van der Waals surface area (Å²) in [7, 11) is 0. The number of amides is 2. The first-order valence-electron chi connectivity index (χ1n) is 8.23. The minimum atomic E-state index is -0.357. The van der Waals surface area contributed by atoms with E-state index in [1.807, 2.05) is 0 Å². The van der Waals surface area contributed by atoms with Gasteiger partial charge in [-0.2, -0.15) is 0 Å². The van der Waals surface area contributed by atoms with Gasteiger partial charge >= 0.3 is 0 Å². The Labute approximate surface area is 158 Å². The molecule has 0 bridgehead atoms. The van der Waals surface area contributed by atoms with Gasteiger partial charge in [0.2, 0.25) is 0 Å². The van der Waals surface area contributed by atoms with Crippen LogP contribution in [0.4, 0.5) is 0 Å². The summed E-state index contributed by atoms with van der Waals surface area (Å²) >= 11 is 0. The number of aromatic nitrogens is 6. The number of nitrogens with one attached hydrogen (secondary N) is 2. The zero-order chi connectivity index (χ0) is 19.3. The van der Waals surface area contributed by atoms with Gasteiger partial charge in [-0.25, -0.2) is 9.35 Å². The number of hydrogen-bond donors (Lipinski definition) is 2. The van der Waals surface area contributed by atoms with Crippen LogP contribution in [0.3, 0.4) is 0 Å². The highest BCUT2D eigenvalue weighted by Gasteiger charge is 2.18. The summed E-state index contributed by atoms with van der Waals surface area (Å²) in [6.07, 6.45) is 5.50. The fourth-order valence-electron chi connectivity index (χ4n) is 2.70. The lowest BCUT2D eigenvalue weighted by Gasteiger charge is -2.14. The lowest BCUT2D eigenvalue weighted by atomic mass is 9.95. The summed E-state index contributed by atoms with van der Waals surface area (Å²) in [6.45, 7) is 0. The summed E-state index contributed by atoms with van der Waals surface area (Å²) in [5, 5.41) is 14.6. The van der Waals surface area contributed by atoms with Crippen molar-refractivity contribution in [3.05, 3.63) is 85.0 Å². The van der Waals surface area contributed by atoms with Gasteiger partial charge in [-0.05, 0) is 23.3 Å². The maximum absolute atomic E-state index is 12.7. The minimum Gasteiger partial charge on any atom is -0.267 e. The Kier molecular flexibility index (Phi) is 4.58. The second kappa shape index (κ2) is 7.50. The number of benzene rings is 2. The van der Waals surface area contributed by atoms with Crippen molar-refractivity contribution in [2.45, 2.75) is 0 Å². The first kappa shape index (κ1) is 17.1. The van der Waals surface area contributed by atoms with E-state index < -0.39 is 0 Å². The average molecular weight is 374 g/mol. The Bertz CT molecular complexity index is 1020. The van der Waals surface area contributed by atoms with E-state index in [-0.39, 0.29) is 11.8 Å². The van der Waals surface area contributed by atoms with E-state index in [1.165, 1.54) is 34.7 Å². The molecule has 10 nitrogen and oxygen atoms in total. The Hall–Kier alpha value is -4.34. The lowest BCUT2D eigenvalue weighted by molar-refractivity contribution is 0.0998. The molecule has 0 spiro atoms. The number of carbonyl (C=O) groups excluding carboxylic acids is 2. The zero-order valence-corrected chi connectivity index (χ0v) is 14.4. The summed E-state index contributed by atoms with van der Waals surface area (Å²) < 4.78 is 2.70. The molecule has 0 aliphatic carbocycles. The fraction of sp³-hybridized carbons (Fsp3) is 0. The Balaban J connectivity index is 1.70. The van der Waals surface area contributed by atoms with Gasteiger partial charge in [-0.1, -0.05) is 36.4 Å². The van der Waals surface area contributed by atoms with Crippen LogP contribution in [0.15, 0.2) is 73.8 Å². The van der Waals surface area contributed by atoms with Gasteiger partial charge < -0.3 is 0 Å². The first-order chi connectivity index (χ1) is 13.7. The molecule has 0 unspecified atom stereocenters. The molecular formula is C18H14N8O2. The third-order valence-electron chi connectivity index (χ3n) is 3.93. The molecule has 0 fully saturated rings. The Morgan fingerprint density at radius 1 is 0.607 bits per heavy atom. The molecule has 2 amide bonds. The fourth-order valence-corrected chi connectivity index (χ4v) is 2.70. The normalized spacial score (nSPS) is 10.4. The maximum atomic E-state index is 12.7. The smallest absolute Gasteiger partial charge is 0.267 e. The second-order valence-electron chi connectivity index (χ2n) is 5.71. The van der Waals surface area contributed by atoms with Crippen molar-refractivity contribution >= 4 is 11.8 Å². The molecule has 10 heteroatoms. The summed E-state index contributed by atoms with van der Waals surface area (Å²) in [4.78, 5) is 25.5. The van der Waals surface area contributed by atoms with Gasteiger partial charge in [-0.15, -0.1) is 20.4 Å². The Morgan fingerprint density at radius 3 is 1.36 bits per heavy atom. The SMILES string of the molecule is O=C(Nn1cnnc1)c1ccccc1-c1ccccc1C(=O)Nn1cnnc1. The van der Waals surface area contributed by atoms with Crippen LogP contribution in [-0.2, 0) is 0 Å². The molecule has 28 heavy (non-hydrogen) atoms. The van der Waals surface area contributed by atoms with Crippen molar-refractivity contribution in [1.29, 1.82) is 0 Å². The highest BCUT2D eigenvalue weighted by Crippen LogP contribution is 2.27. The number of hydrogen-bond acceptors (Lipinski definition) is 6. The van der Waals surface area contributed by atoms with E-state index in [4.69, 9.17) is 0 Å². The molecule has 2 N–H and O–H groups in total. The highest BCUT2D eigenvalue weighted by molar-refractivity contribution is 6.10. The summed E-state index contributed by atoms with van der Waals surface area (Å²) in [5.74, 6) is -0.714. The lowest BCUT2D eigenvalue weighted by Crippen LogP contribution is -2.23. The average Bonchev–Trinajstić information content (AvgIpc) is 3.42.